The Morgan fingerprint density at radius 1 is 1.47 bits per heavy atom. The van der Waals surface area contributed by atoms with Crippen LogP contribution in [0.1, 0.15) is 11.4 Å². The van der Waals surface area contributed by atoms with Crippen molar-refractivity contribution in [3.63, 3.8) is 0 Å². The Balaban J connectivity index is 2.44. The van der Waals surface area contributed by atoms with E-state index in [-0.39, 0.29) is 0 Å². The van der Waals surface area contributed by atoms with Crippen LogP contribution in [0.5, 0.6) is 0 Å². The summed E-state index contributed by atoms with van der Waals surface area (Å²) >= 11 is 3.40. The first kappa shape index (κ1) is 10.3. The second-order valence-electron chi connectivity index (χ2n) is 3.13. The van der Waals surface area contributed by atoms with Crippen LogP contribution in [-0.4, -0.2) is 20.2 Å². The van der Waals surface area contributed by atoms with Gasteiger partial charge in [0, 0.05) is 4.47 Å². The zero-order chi connectivity index (χ0) is 10.8. The molecule has 5 nitrogen and oxygen atoms in total. The van der Waals surface area contributed by atoms with E-state index < -0.39 is 0 Å². The second-order valence-corrected chi connectivity index (χ2v) is 4.05. The predicted molar refractivity (Wildman–Crippen MR) is 59.5 cm³/mol. The Bertz CT molecular complexity index is 479. The van der Waals surface area contributed by atoms with Gasteiger partial charge < -0.3 is 5.73 Å². The number of halogens is 1. The van der Waals surface area contributed by atoms with Gasteiger partial charge in [-0.25, -0.2) is 0 Å². The van der Waals surface area contributed by atoms with Gasteiger partial charge in [0.15, 0.2) is 5.82 Å². The molecule has 1 heterocycles. The number of aryl methyl sites for hydroxylation is 1. The third kappa shape index (κ3) is 2.05. The van der Waals surface area contributed by atoms with Crippen molar-refractivity contribution >= 4 is 15.9 Å². The van der Waals surface area contributed by atoms with E-state index in [2.05, 4.69) is 31.3 Å². The van der Waals surface area contributed by atoms with E-state index in [0.717, 1.165) is 15.7 Å². The topological polar surface area (TPSA) is 69.6 Å². The molecule has 0 fully saturated rings. The lowest BCUT2D eigenvalue weighted by Gasteiger charge is -2.03. The summed E-state index contributed by atoms with van der Waals surface area (Å²) in [5.41, 5.74) is 7.40. The van der Waals surface area contributed by atoms with Crippen molar-refractivity contribution in [2.24, 2.45) is 5.73 Å². The molecule has 0 radical (unpaired) electrons. The molecular formula is C9H10BrN5. The largest absolute Gasteiger partial charge is 0.324 e. The molecule has 2 aromatic rings. The van der Waals surface area contributed by atoms with Gasteiger partial charge in [-0.15, -0.1) is 15.0 Å². The predicted octanol–water partition coefficient (Wildman–Crippen LogP) is 1.19. The van der Waals surface area contributed by atoms with Crippen LogP contribution in [0.3, 0.4) is 0 Å². The number of nitrogens with two attached hydrogens (primary N) is 1. The highest BCUT2D eigenvalue weighted by Crippen LogP contribution is 2.17. The third-order valence-electron chi connectivity index (χ3n) is 2.01. The first-order chi connectivity index (χ1) is 7.20. The van der Waals surface area contributed by atoms with Crippen LogP contribution in [0.4, 0.5) is 0 Å². The normalized spacial score (nSPS) is 10.6. The maximum absolute atomic E-state index is 5.42. The average Bonchev–Trinajstić information content (AvgIpc) is 2.66. The maximum atomic E-state index is 5.42. The van der Waals surface area contributed by atoms with Crippen molar-refractivity contribution in [2.75, 3.05) is 0 Å². The van der Waals surface area contributed by atoms with Crippen LogP contribution in [-0.2, 0) is 6.54 Å². The van der Waals surface area contributed by atoms with Gasteiger partial charge in [-0.3, -0.25) is 0 Å². The molecule has 0 aliphatic carbocycles. The molecule has 2 rings (SSSR count). The highest BCUT2D eigenvalue weighted by Gasteiger charge is 2.05. The molecule has 78 valence electrons. The summed E-state index contributed by atoms with van der Waals surface area (Å²) in [7, 11) is 0. The van der Waals surface area contributed by atoms with Gasteiger partial charge in [-0.2, -0.15) is 0 Å². The van der Waals surface area contributed by atoms with Crippen LogP contribution >= 0.6 is 15.9 Å². The van der Waals surface area contributed by atoms with Crippen LogP contribution in [0.25, 0.3) is 5.69 Å². The Labute approximate surface area is 95.4 Å². The molecular weight excluding hydrogens is 258 g/mol. The fourth-order valence-corrected chi connectivity index (χ4v) is 1.75. The minimum Gasteiger partial charge on any atom is -0.324 e. The van der Waals surface area contributed by atoms with Gasteiger partial charge in [0.25, 0.3) is 0 Å². The minimum atomic E-state index is 0.301. The number of hydrogen-bond donors (Lipinski definition) is 1. The van der Waals surface area contributed by atoms with Crippen LogP contribution in [0.15, 0.2) is 22.7 Å². The molecule has 0 bridgehead atoms. The fraction of sp³-hybridized carbons (Fsp3) is 0.222. The molecule has 0 saturated heterocycles. The number of hydrogen-bond acceptors (Lipinski definition) is 4. The first-order valence-electron chi connectivity index (χ1n) is 4.46. The van der Waals surface area contributed by atoms with Crippen molar-refractivity contribution in [3.8, 4) is 5.69 Å². The molecule has 1 aromatic carbocycles. The van der Waals surface area contributed by atoms with Crippen molar-refractivity contribution < 1.29 is 0 Å². The minimum absolute atomic E-state index is 0.301. The van der Waals surface area contributed by atoms with E-state index in [1.54, 1.807) is 0 Å². The van der Waals surface area contributed by atoms with Crippen LogP contribution in [0.2, 0.25) is 0 Å². The summed E-state index contributed by atoms with van der Waals surface area (Å²) in [5, 5.41) is 11.9. The summed E-state index contributed by atoms with van der Waals surface area (Å²) in [6.07, 6.45) is 0. The Morgan fingerprint density at radius 3 is 2.87 bits per heavy atom. The lowest BCUT2D eigenvalue weighted by molar-refractivity contribution is 0.713. The molecule has 6 heteroatoms. The van der Waals surface area contributed by atoms with Gasteiger partial charge in [0.2, 0.25) is 0 Å². The zero-order valence-corrected chi connectivity index (χ0v) is 9.77. The number of rotatable bonds is 2. The monoisotopic (exact) mass is 267 g/mol. The van der Waals surface area contributed by atoms with Gasteiger partial charge in [-0.05, 0) is 35.9 Å². The Hall–Kier alpha value is -1.27. The summed E-state index contributed by atoms with van der Waals surface area (Å²) in [6, 6.07) is 5.87. The summed E-state index contributed by atoms with van der Waals surface area (Å²) < 4.78 is 1.03. The standard InChI is InChI=1S/C9H10BrN5/c1-6-4-7(10)2-3-8(6)15-13-9(5-11)12-14-15/h2-4H,5,11H2,1H3. The van der Waals surface area contributed by atoms with Crippen molar-refractivity contribution in [1.29, 1.82) is 0 Å². The molecule has 0 aliphatic heterocycles. The zero-order valence-electron chi connectivity index (χ0n) is 8.18. The van der Waals surface area contributed by atoms with Gasteiger partial charge in [-0.1, -0.05) is 15.9 Å². The molecule has 0 saturated carbocycles. The highest BCUT2D eigenvalue weighted by molar-refractivity contribution is 9.10. The molecule has 0 amide bonds. The summed E-state index contributed by atoms with van der Waals surface area (Å²) in [4.78, 5) is 1.49. The maximum Gasteiger partial charge on any atom is 0.188 e. The number of benzene rings is 1. The van der Waals surface area contributed by atoms with Crippen molar-refractivity contribution in [1.82, 2.24) is 20.2 Å². The van der Waals surface area contributed by atoms with Crippen LogP contribution < -0.4 is 5.73 Å². The van der Waals surface area contributed by atoms with Gasteiger partial charge in [0.05, 0.1) is 12.2 Å². The average molecular weight is 268 g/mol. The Morgan fingerprint density at radius 2 is 2.27 bits per heavy atom. The van der Waals surface area contributed by atoms with E-state index in [1.807, 2.05) is 25.1 Å². The lowest BCUT2D eigenvalue weighted by atomic mass is 10.2. The van der Waals surface area contributed by atoms with Crippen LogP contribution in [0, 0.1) is 6.92 Å². The highest BCUT2D eigenvalue weighted by atomic mass is 79.9. The number of aromatic nitrogens is 4. The number of nitrogens with zero attached hydrogens (tertiary/aromatic N) is 4. The lowest BCUT2D eigenvalue weighted by Crippen LogP contribution is -2.03. The fourth-order valence-electron chi connectivity index (χ4n) is 1.27. The molecule has 0 unspecified atom stereocenters. The van der Waals surface area contributed by atoms with Crippen molar-refractivity contribution in [2.45, 2.75) is 13.5 Å². The summed E-state index contributed by atoms with van der Waals surface area (Å²) in [6.45, 7) is 2.29. The quantitative estimate of drug-likeness (QED) is 0.888. The molecule has 2 N–H and O–H groups in total. The molecule has 0 atom stereocenters. The van der Waals surface area contributed by atoms with Gasteiger partial charge in [0.1, 0.15) is 0 Å². The van der Waals surface area contributed by atoms with E-state index in [0.29, 0.717) is 12.4 Å². The first-order valence-corrected chi connectivity index (χ1v) is 5.25. The Kier molecular flexibility index (Phi) is 2.79. The summed E-state index contributed by atoms with van der Waals surface area (Å²) in [5.74, 6) is 0.539. The van der Waals surface area contributed by atoms with Gasteiger partial charge >= 0.3 is 0 Å². The molecule has 0 aliphatic rings. The van der Waals surface area contributed by atoms with E-state index in [1.165, 1.54) is 4.80 Å². The third-order valence-corrected chi connectivity index (χ3v) is 2.51. The molecule has 15 heavy (non-hydrogen) atoms. The molecule has 0 spiro atoms. The van der Waals surface area contributed by atoms with Crippen molar-refractivity contribution in [3.05, 3.63) is 34.1 Å². The number of tetrazole rings is 1. The smallest absolute Gasteiger partial charge is 0.188 e. The SMILES string of the molecule is Cc1cc(Br)ccc1-n1nnc(CN)n1. The van der Waals surface area contributed by atoms with E-state index in [9.17, 15) is 0 Å². The van der Waals surface area contributed by atoms with E-state index >= 15 is 0 Å². The molecule has 1 aromatic heterocycles. The van der Waals surface area contributed by atoms with E-state index in [4.69, 9.17) is 5.73 Å². The second kappa shape index (κ2) is 4.08.